The van der Waals surface area contributed by atoms with E-state index < -0.39 is 29.5 Å². The number of alkyl halides is 3. The molecule has 2 aromatic rings. The quantitative estimate of drug-likeness (QED) is 0.464. The molecule has 38 heavy (non-hydrogen) atoms. The molecule has 2 aliphatic heterocycles. The van der Waals surface area contributed by atoms with Gasteiger partial charge in [0.05, 0.1) is 24.6 Å². The van der Waals surface area contributed by atoms with Gasteiger partial charge in [-0.15, -0.1) is 0 Å². The normalized spacial score (nSPS) is 17.1. The number of carbonyl (C=O) groups is 2. The van der Waals surface area contributed by atoms with Gasteiger partial charge in [-0.2, -0.15) is 13.2 Å². The summed E-state index contributed by atoms with van der Waals surface area (Å²) in [6.07, 6.45) is -2.78. The number of allylic oxidation sites excluding steroid dienone is 1. The minimum absolute atomic E-state index is 0.0487. The predicted molar refractivity (Wildman–Crippen MR) is 139 cm³/mol. The van der Waals surface area contributed by atoms with E-state index in [0.29, 0.717) is 29.8 Å². The third kappa shape index (κ3) is 5.93. The molecule has 0 unspecified atom stereocenters. The average Bonchev–Trinajstić information content (AvgIpc) is 3.27. The third-order valence-corrected chi connectivity index (χ3v) is 6.96. The first kappa shape index (κ1) is 27.4. The van der Waals surface area contributed by atoms with Gasteiger partial charge < -0.3 is 15.0 Å². The van der Waals surface area contributed by atoms with Crippen molar-refractivity contribution in [3.05, 3.63) is 87.4 Å². The second-order valence-electron chi connectivity index (χ2n) is 8.83. The smallest absolute Gasteiger partial charge is 0.434 e. The van der Waals surface area contributed by atoms with E-state index in [2.05, 4.69) is 15.3 Å². The number of halogens is 3. The zero-order chi connectivity index (χ0) is 27.4. The third-order valence-electron chi connectivity index (χ3n) is 6.07. The van der Waals surface area contributed by atoms with Crippen LogP contribution in [0.1, 0.15) is 41.8 Å². The Kier molecular flexibility index (Phi) is 8.25. The highest BCUT2D eigenvalue weighted by molar-refractivity contribution is 8.16. The SMILES string of the molecule is CCOC(=O)C1=C(C(F)(F)F)N=C2SC=C(CC(=O)NCCc3ccccn3)N2[C@H]1c1cc(C)ccc1C. The van der Waals surface area contributed by atoms with Gasteiger partial charge in [-0.1, -0.05) is 41.6 Å². The van der Waals surface area contributed by atoms with Gasteiger partial charge >= 0.3 is 12.1 Å². The van der Waals surface area contributed by atoms with Crippen LogP contribution in [0.5, 0.6) is 0 Å². The molecule has 7 nitrogen and oxygen atoms in total. The van der Waals surface area contributed by atoms with Crippen LogP contribution in [0, 0.1) is 13.8 Å². The molecule has 1 aromatic heterocycles. The van der Waals surface area contributed by atoms with Gasteiger partial charge in [0.15, 0.2) is 10.9 Å². The van der Waals surface area contributed by atoms with Crippen molar-refractivity contribution in [1.29, 1.82) is 0 Å². The van der Waals surface area contributed by atoms with Crippen LogP contribution in [0.2, 0.25) is 0 Å². The molecule has 11 heteroatoms. The number of aromatic nitrogens is 1. The number of pyridine rings is 1. The van der Waals surface area contributed by atoms with Gasteiger partial charge in [0.2, 0.25) is 5.91 Å². The number of nitrogens with zero attached hydrogens (tertiary/aromatic N) is 3. The van der Waals surface area contributed by atoms with Crippen LogP contribution in [-0.2, 0) is 20.7 Å². The summed E-state index contributed by atoms with van der Waals surface area (Å²) in [5.74, 6) is -1.40. The number of nitrogens with one attached hydrogen (secondary N) is 1. The van der Waals surface area contributed by atoms with Crippen LogP contribution in [0.15, 0.2) is 70.0 Å². The molecule has 1 atom stereocenters. The summed E-state index contributed by atoms with van der Waals surface area (Å²) in [7, 11) is 0. The van der Waals surface area contributed by atoms with Crippen molar-refractivity contribution in [3.63, 3.8) is 0 Å². The van der Waals surface area contributed by atoms with Gasteiger partial charge in [0.1, 0.15) is 0 Å². The highest BCUT2D eigenvalue weighted by Gasteiger charge is 2.49. The molecule has 1 N–H and O–H groups in total. The van der Waals surface area contributed by atoms with Crippen LogP contribution >= 0.6 is 11.8 Å². The minimum atomic E-state index is -4.89. The molecule has 1 aromatic carbocycles. The van der Waals surface area contributed by atoms with Gasteiger partial charge in [0, 0.05) is 30.6 Å². The fourth-order valence-electron chi connectivity index (χ4n) is 4.34. The summed E-state index contributed by atoms with van der Waals surface area (Å²) in [4.78, 5) is 35.5. The van der Waals surface area contributed by atoms with Gasteiger partial charge in [0.25, 0.3) is 0 Å². The maximum atomic E-state index is 14.2. The largest absolute Gasteiger partial charge is 0.463 e. The number of amidine groups is 1. The lowest BCUT2D eigenvalue weighted by atomic mass is 9.89. The number of ether oxygens (including phenoxy) is 1. The number of rotatable bonds is 8. The summed E-state index contributed by atoms with van der Waals surface area (Å²) < 4.78 is 47.7. The maximum Gasteiger partial charge on any atom is 0.434 e. The van der Waals surface area contributed by atoms with Crippen LogP contribution in [0.4, 0.5) is 13.2 Å². The fourth-order valence-corrected chi connectivity index (χ4v) is 5.26. The van der Waals surface area contributed by atoms with Crippen molar-refractivity contribution in [2.75, 3.05) is 13.2 Å². The molecule has 200 valence electrons. The number of hydrogen-bond donors (Lipinski definition) is 1. The van der Waals surface area contributed by atoms with E-state index in [-0.39, 0.29) is 24.1 Å². The Balaban J connectivity index is 1.68. The predicted octanol–water partition coefficient (Wildman–Crippen LogP) is 5.13. The monoisotopic (exact) mass is 544 g/mol. The number of aryl methyl sites for hydroxylation is 2. The highest BCUT2D eigenvalue weighted by atomic mass is 32.2. The first-order valence-electron chi connectivity index (χ1n) is 12.1. The number of carbonyl (C=O) groups excluding carboxylic acids is 2. The summed E-state index contributed by atoms with van der Waals surface area (Å²) >= 11 is 0.990. The number of amides is 1. The Bertz CT molecular complexity index is 1320. The summed E-state index contributed by atoms with van der Waals surface area (Å²) in [6.45, 7) is 5.38. The molecule has 2 aliphatic rings. The van der Waals surface area contributed by atoms with E-state index in [4.69, 9.17) is 4.74 Å². The molecule has 0 saturated carbocycles. The lowest BCUT2D eigenvalue weighted by Crippen LogP contribution is -2.40. The summed E-state index contributed by atoms with van der Waals surface area (Å²) in [5.41, 5.74) is 1.41. The van der Waals surface area contributed by atoms with Crippen molar-refractivity contribution in [1.82, 2.24) is 15.2 Å². The Labute approximate surface area is 222 Å². The van der Waals surface area contributed by atoms with Crippen LogP contribution in [0.25, 0.3) is 0 Å². The van der Waals surface area contributed by atoms with Crippen LogP contribution in [-0.4, -0.2) is 46.3 Å². The van der Waals surface area contributed by atoms with E-state index in [9.17, 15) is 22.8 Å². The molecule has 0 aliphatic carbocycles. The molecule has 0 saturated heterocycles. The Morgan fingerprint density at radius 1 is 1.18 bits per heavy atom. The van der Waals surface area contributed by atoms with E-state index in [1.165, 1.54) is 6.92 Å². The Morgan fingerprint density at radius 3 is 2.66 bits per heavy atom. The summed E-state index contributed by atoms with van der Waals surface area (Å²) in [6, 6.07) is 9.75. The molecule has 1 amide bonds. The topological polar surface area (TPSA) is 83.9 Å². The average molecular weight is 545 g/mol. The molecular formula is C27H27F3N4O3S. The molecule has 0 fully saturated rings. The Hall–Kier alpha value is -3.60. The number of aliphatic imine (C=N–C) groups is 1. The molecule has 0 bridgehead atoms. The molecular weight excluding hydrogens is 517 g/mol. The van der Waals surface area contributed by atoms with Crippen molar-refractivity contribution >= 4 is 28.8 Å². The van der Waals surface area contributed by atoms with Crippen molar-refractivity contribution in [2.24, 2.45) is 4.99 Å². The van der Waals surface area contributed by atoms with Gasteiger partial charge in [-0.25, -0.2) is 9.79 Å². The molecule has 3 heterocycles. The van der Waals surface area contributed by atoms with Crippen molar-refractivity contribution < 1.29 is 27.5 Å². The second kappa shape index (κ2) is 11.4. The van der Waals surface area contributed by atoms with E-state index >= 15 is 0 Å². The number of thioether (sulfide) groups is 1. The molecule has 4 rings (SSSR count). The molecule has 0 radical (unpaired) electrons. The zero-order valence-corrected chi connectivity index (χ0v) is 21.9. The van der Waals surface area contributed by atoms with Gasteiger partial charge in [-0.3, -0.25) is 9.78 Å². The van der Waals surface area contributed by atoms with E-state index in [1.807, 2.05) is 25.1 Å². The van der Waals surface area contributed by atoms with Crippen LogP contribution < -0.4 is 5.32 Å². The summed E-state index contributed by atoms with van der Waals surface area (Å²) in [5, 5.41) is 4.49. The molecule has 0 spiro atoms. The minimum Gasteiger partial charge on any atom is -0.463 e. The van der Waals surface area contributed by atoms with Gasteiger partial charge in [-0.05, 0) is 49.4 Å². The number of esters is 1. The van der Waals surface area contributed by atoms with E-state index in [0.717, 1.165) is 23.0 Å². The van der Waals surface area contributed by atoms with E-state index in [1.54, 1.807) is 41.6 Å². The first-order valence-corrected chi connectivity index (χ1v) is 12.9. The second-order valence-corrected chi connectivity index (χ2v) is 9.67. The fraction of sp³-hybridized carbons (Fsp3) is 0.333. The van der Waals surface area contributed by atoms with Crippen LogP contribution in [0.3, 0.4) is 0 Å². The highest BCUT2D eigenvalue weighted by Crippen LogP contribution is 2.48. The van der Waals surface area contributed by atoms with Crippen molar-refractivity contribution in [3.8, 4) is 0 Å². The number of hydrogen-bond acceptors (Lipinski definition) is 7. The standard InChI is InChI=1S/C27H27F3N4O3S/c1-4-37-25(36)22-23(20-13-16(2)8-9-17(20)3)34-19(15-38-26(34)33-24(22)27(28,29)30)14-21(35)32-12-10-18-7-5-6-11-31-18/h5-9,11,13,15,23H,4,10,12,14H2,1-3H3,(H,32,35)/t23-/m0/s1. The maximum absolute atomic E-state index is 14.2. The Morgan fingerprint density at radius 2 is 1.97 bits per heavy atom. The lowest BCUT2D eigenvalue weighted by Gasteiger charge is -2.37. The lowest BCUT2D eigenvalue weighted by molar-refractivity contribution is -0.140. The first-order chi connectivity index (χ1) is 18.1. The van der Waals surface area contributed by atoms with Crippen molar-refractivity contribution in [2.45, 2.75) is 45.8 Å². The zero-order valence-electron chi connectivity index (χ0n) is 21.1. The number of benzene rings is 1. The number of fused-ring (bicyclic) bond motifs is 1.